The van der Waals surface area contributed by atoms with Crippen molar-refractivity contribution in [3.05, 3.63) is 98.6 Å². The summed E-state index contributed by atoms with van der Waals surface area (Å²) in [7, 11) is 0. The Morgan fingerprint density at radius 2 is 1.97 bits per heavy atom. The molecule has 0 amide bonds. The Morgan fingerprint density at radius 3 is 2.68 bits per heavy atom. The van der Waals surface area contributed by atoms with Crippen LogP contribution in [-0.4, -0.2) is 20.6 Å². The lowest BCUT2D eigenvalue weighted by atomic mass is 10.2. The number of rotatable bonds is 6. The maximum Gasteiger partial charge on any atom is 0.417 e. The van der Waals surface area contributed by atoms with Crippen molar-refractivity contribution in [2.24, 2.45) is 5.10 Å². The molecular formula is C23H17ClF3N5OS. The highest BCUT2D eigenvalue weighted by Crippen LogP contribution is 2.32. The first-order valence-corrected chi connectivity index (χ1v) is 11.3. The zero-order valence-electron chi connectivity index (χ0n) is 17.7. The van der Waals surface area contributed by atoms with Gasteiger partial charge in [-0.05, 0) is 30.2 Å². The lowest BCUT2D eigenvalue weighted by Gasteiger charge is -2.10. The summed E-state index contributed by atoms with van der Waals surface area (Å²) in [5.74, 6) is 0.504. The molecule has 34 heavy (non-hydrogen) atoms. The van der Waals surface area contributed by atoms with Gasteiger partial charge in [0, 0.05) is 18.1 Å². The number of nitrogens with zero attached hydrogens (tertiary/aromatic N) is 4. The SMILES string of the molecule is Cc1cccn2c(=O)c(C=NNc3ncc(C(F)(F)F)cc3Cl)c(SCc3ccccc3)nc12. The number of fused-ring (bicyclic) bond motifs is 1. The lowest BCUT2D eigenvalue weighted by Crippen LogP contribution is -2.21. The first-order valence-electron chi connectivity index (χ1n) is 9.94. The maximum atomic E-state index is 13.2. The molecule has 6 nitrogen and oxygen atoms in total. The summed E-state index contributed by atoms with van der Waals surface area (Å²) in [6.07, 6.45) is -1.03. The predicted octanol–water partition coefficient (Wildman–Crippen LogP) is 5.81. The van der Waals surface area contributed by atoms with Crippen LogP contribution in [0.4, 0.5) is 19.0 Å². The average molecular weight is 504 g/mol. The number of thioether (sulfide) groups is 1. The van der Waals surface area contributed by atoms with Gasteiger partial charge < -0.3 is 0 Å². The molecule has 4 aromatic rings. The minimum atomic E-state index is -4.56. The standard InChI is InChI=1S/C23H17ClF3N5OS/c1-14-6-5-9-32-20(14)30-21(34-13-15-7-3-2-4-8-15)17(22(32)33)12-29-31-19-18(24)10-16(11-28-19)23(25,26)27/h2-12H,13H2,1H3,(H,28,31). The fourth-order valence-corrected chi connectivity index (χ4v) is 4.22. The van der Waals surface area contributed by atoms with E-state index in [1.807, 2.05) is 43.3 Å². The maximum absolute atomic E-state index is 13.2. The Kier molecular flexibility index (Phi) is 6.90. The van der Waals surface area contributed by atoms with E-state index < -0.39 is 11.7 Å². The van der Waals surface area contributed by atoms with Crippen LogP contribution in [0.3, 0.4) is 0 Å². The summed E-state index contributed by atoms with van der Waals surface area (Å²) in [4.78, 5) is 21.6. The molecule has 1 aromatic carbocycles. The molecule has 0 spiro atoms. The first-order chi connectivity index (χ1) is 16.2. The van der Waals surface area contributed by atoms with E-state index in [0.717, 1.165) is 17.2 Å². The van der Waals surface area contributed by atoms with Crippen LogP contribution in [0.15, 0.2) is 75.8 Å². The van der Waals surface area contributed by atoms with Crippen LogP contribution in [-0.2, 0) is 11.9 Å². The Balaban J connectivity index is 1.67. The molecule has 0 aliphatic carbocycles. The summed E-state index contributed by atoms with van der Waals surface area (Å²) in [6.45, 7) is 1.86. The van der Waals surface area contributed by atoms with Gasteiger partial charge in [0.1, 0.15) is 10.7 Å². The van der Waals surface area contributed by atoms with Gasteiger partial charge in [0.15, 0.2) is 5.82 Å². The van der Waals surface area contributed by atoms with Gasteiger partial charge in [-0.15, -0.1) is 11.8 Å². The Morgan fingerprint density at radius 1 is 1.21 bits per heavy atom. The molecule has 0 saturated carbocycles. The van der Waals surface area contributed by atoms with Crippen molar-refractivity contribution >= 4 is 41.0 Å². The Labute approximate surface area is 201 Å². The molecule has 4 rings (SSSR count). The number of hydrogen-bond acceptors (Lipinski definition) is 6. The molecule has 0 unspecified atom stereocenters. The van der Waals surface area contributed by atoms with E-state index in [-0.39, 0.29) is 22.0 Å². The van der Waals surface area contributed by atoms with Crippen LogP contribution in [0.25, 0.3) is 5.65 Å². The summed E-state index contributed by atoms with van der Waals surface area (Å²) >= 11 is 7.29. The van der Waals surface area contributed by atoms with Gasteiger partial charge in [-0.2, -0.15) is 18.3 Å². The van der Waals surface area contributed by atoms with Gasteiger partial charge in [0.25, 0.3) is 5.56 Å². The molecule has 0 atom stereocenters. The van der Waals surface area contributed by atoms with Gasteiger partial charge >= 0.3 is 6.18 Å². The molecule has 3 heterocycles. The zero-order chi connectivity index (χ0) is 24.3. The number of aryl methyl sites for hydroxylation is 1. The van der Waals surface area contributed by atoms with E-state index in [0.29, 0.717) is 22.6 Å². The number of nitrogens with one attached hydrogen (secondary N) is 1. The minimum Gasteiger partial charge on any atom is -0.268 e. The Hall–Kier alpha value is -3.37. The van der Waals surface area contributed by atoms with Crippen LogP contribution >= 0.6 is 23.4 Å². The highest BCUT2D eigenvalue weighted by molar-refractivity contribution is 7.98. The van der Waals surface area contributed by atoms with Crippen LogP contribution in [0.5, 0.6) is 0 Å². The van der Waals surface area contributed by atoms with E-state index in [4.69, 9.17) is 11.6 Å². The lowest BCUT2D eigenvalue weighted by molar-refractivity contribution is -0.137. The van der Waals surface area contributed by atoms with Gasteiger partial charge in [-0.25, -0.2) is 9.97 Å². The van der Waals surface area contributed by atoms with Crippen LogP contribution in [0, 0.1) is 6.92 Å². The van der Waals surface area contributed by atoms with Crippen molar-refractivity contribution in [2.45, 2.75) is 23.9 Å². The van der Waals surface area contributed by atoms with Crippen molar-refractivity contribution in [1.82, 2.24) is 14.4 Å². The fraction of sp³-hybridized carbons (Fsp3) is 0.130. The second-order valence-electron chi connectivity index (χ2n) is 7.22. The molecule has 0 radical (unpaired) electrons. The normalized spacial score (nSPS) is 11.9. The van der Waals surface area contributed by atoms with Crippen LogP contribution in [0.1, 0.15) is 22.3 Å². The number of benzene rings is 1. The number of anilines is 1. The van der Waals surface area contributed by atoms with Gasteiger partial charge in [0.2, 0.25) is 0 Å². The number of pyridine rings is 2. The molecule has 3 aromatic heterocycles. The van der Waals surface area contributed by atoms with Crippen molar-refractivity contribution in [3.8, 4) is 0 Å². The molecule has 0 saturated heterocycles. The number of hydrogen-bond donors (Lipinski definition) is 1. The molecule has 0 fully saturated rings. The third kappa shape index (κ3) is 5.23. The number of halogens is 4. The number of alkyl halides is 3. The zero-order valence-corrected chi connectivity index (χ0v) is 19.2. The van der Waals surface area contributed by atoms with Crippen molar-refractivity contribution in [2.75, 3.05) is 5.43 Å². The van der Waals surface area contributed by atoms with Gasteiger partial charge in [-0.1, -0.05) is 48.0 Å². The highest BCUT2D eigenvalue weighted by Gasteiger charge is 2.31. The fourth-order valence-electron chi connectivity index (χ4n) is 3.07. The minimum absolute atomic E-state index is 0.0749. The van der Waals surface area contributed by atoms with E-state index >= 15 is 0 Å². The first kappa shape index (κ1) is 23.8. The molecule has 11 heteroatoms. The molecule has 0 aliphatic rings. The summed E-state index contributed by atoms with van der Waals surface area (Å²) < 4.78 is 39.9. The molecule has 0 bridgehead atoms. The van der Waals surface area contributed by atoms with Crippen LogP contribution in [0.2, 0.25) is 5.02 Å². The van der Waals surface area contributed by atoms with E-state index in [2.05, 4.69) is 20.5 Å². The highest BCUT2D eigenvalue weighted by atomic mass is 35.5. The largest absolute Gasteiger partial charge is 0.417 e. The molecular weight excluding hydrogens is 487 g/mol. The van der Waals surface area contributed by atoms with Crippen molar-refractivity contribution < 1.29 is 13.2 Å². The topological polar surface area (TPSA) is 71.7 Å². The van der Waals surface area contributed by atoms with E-state index in [9.17, 15) is 18.0 Å². The monoisotopic (exact) mass is 503 g/mol. The van der Waals surface area contributed by atoms with Crippen molar-refractivity contribution in [1.29, 1.82) is 0 Å². The Bertz CT molecular complexity index is 1420. The molecule has 174 valence electrons. The van der Waals surface area contributed by atoms with Crippen LogP contribution < -0.4 is 11.0 Å². The summed E-state index contributed by atoms with van der Waals surface area (Å²) in [6, 6.07) is 14.1. The van der Waals surface area contributed by atoms with Gasteiger partial charge in [0.05, 0.1) is 22.4 Å². The third-order valence-electron chi connectivity index (χ3n) is 4.80. The predicted molar refractivity (Wildman–Crippen MR) is 128 cm³/mol. The number of hydrazone groups is 1. The number of aromatic nitrogens is 3. The second-order valence-corrected chi connectivity index (χ2v) is 8.59. The van der Waals surface area contributed by atoms with Gasteiger partial charge in [-0.3, -0.25) is 14.6 Å². The average Bonchev–Trinajstić information content (AvgIpc) is 2.81. The molecule has 1 N–H and O–H groups in total. The molecule has 0 aliphatic heterocycles. The quantitative estimate of drug-likeness (QED) is 0.156. The summed E-state index contributed by atoms with van der Waals surface area (Å²) in [5.41, 5.74) is 3.84. The van der Waals surface area contributed by atoms with E-state index in [1.165, 1.54) is 22.4 Å². The third-order valence-corrected chi connectivity index (χ3v) is 6.15. The van der Waals surface area contributed by atoms with Crippen molar-refractivity contribution in [3.63, 3.8) is 0 Å². The summed E-state index contributed by atoms with van der Waals surface area (Å²) in [5, 5.41) is 4.22. The second kappa shape index (κ2) is 9.86. The smallest absolute Gasteiger partial charge is 0.268 e. The van der Waals surface area contributed by atoms with E-state index in [1.54, 1.807) is 12.3 Å².